The molecule has 0 amide bonds. The fraction of sp³-hybridized carbons (Fsp3) is 0.308. The average molecular weight is 491 g/mol. The van der Waals surface area contributed by atoms with Gasteiger partial charge in [0.25, 0.3) is 0 Å². The lowest BCUT2D eigenvalue weighted by Gasteiger charge is -2.15. The molecule has 0 radical (unpaired) electrons. The summed E-state index contributed by atoms with van der Waals surface area (Å²) < 4.78 is 22.5. The van der Waals surface area contributed by atoms with E-state index in [2.05, 4.69) is 11.4 Å². The predicted octanol–water partition coefficient (Wildman–Crippen LogP) is 5.29. The van der Waals surface area contributed by atoms with E-state index in [4.69, 9.17) is 42.1 Å². The molecule has 0 atom stereocenters. The lowest BCUT2D eigenvalue weighted by Crippen LogP contribution is -2.83. The summed E-state index contributed by atoms with van der Waals surface area (Å²) >= 11 is 12.5. The Bertz CT molecular complexity index is 1040. The molecule has 7 heteroatoms. The highest BCUT2D eigenvalue weighted by Crippen LogP contribution is 2.37. The summed E-state index contributed by atoms with van der Waals surface area (Å²) in [5.41, 5.74) is 3.28. The number of hydrogen-bond acceptors (Lipinski definition) is 4. The van der Waals surface area contributed by atoms with Crippen LogP contribution in [0.25, 0.3) is 0 Å². The largest absolute Gasteiger partial charge is 0.493 e. The summed E-state index contributed by atoms with van der Waals surface area (Å²) in [6, 6.07) is 17.5. The topological polar surface area (TPSA) is 53.5 Å². The van der Waals surface area contributed by atoms with Crippen molar-refractivity contribution in [1.29, 1.82) is 0 Å². The highest BCUT2D eigenvalue weighted by atomic mass is 35.5. The van der Waals surface area contributed by atoms with Gasteiger partial charge in [-0.2, -0.15) is 0 Å². The summed E-state index contributed by atoms with van der Waals surface area (Å²) in [5, 5.41) is 3.48. The van der Waals surface area contributed by atoms with E-state index in [0.717, 1.165) is 42.1 Å². The minimum Gasteiger partial charge on any atom is -0.493 e. The molecule has 0 aliphatic rings. The molecule has 0 heterocycles. The smallest absolute Gasteiger partial charge is 0.180 e. The van der Waals surface area contributed by atoms with Crippen LogP contribution < -0.4 is 24.3 Å². The molecule has 3 rings (SSSR count). The number of nitrogens with two attached hydrogens (primary N) is 1. The van der Waals surface area contributed by atoms with E-state index in [-0.39, 0.29) is 0 Å². The normalized spacial score (nSPS) is 10.7. The first-order valence-electron chi connectivity index (χ1n) is 10.9. The molecule has 0 spiro atoms. The molecule has 0 saturated heterocycles. The molecule has 0 aliphatic carbocycles. The van der Waals surface area contributed by atoms with Gasteiger partial charge >= 0.3 is 0 Å². The van der Waals surface area contributed by atoms with Crippen LogP contribution in [0.2, 0.25) is 10.0 Å². The Morgan fingerprint density at radius 2 is 1.45 bits per heavy atom. The van der Waals surface area contributed by atoms with Gasteiger partial charge in [0.1, 0.15) is 13.2 Å². The van der Waals surface area contributed by atoms with E-state index in [1.165, 1.54) is 5.56 Å². The second-order valence-corrected chi connectivity index (χ2v) is 8.32. The van der Waals surface area contributed by atoms with Crippen molar-refractivity contribution in [2.45, 2.75) is 26.5 Å². The standard InChI is InChI=1S/C26H29Cl2NO4/c1-4-32-25-15-20(13-22(28)26(25)33-17-19-5-8-21(27)9-6-19)16-29-12-11-18-7-10-23(30-2)24(14-18)31-3/h5-10,13-15,29H,4,11-12,16-17H2,1-3H3/p+1. The highest BCUT2D eigenvalue weighted by Gasteiger charge is 2.14. The molecule has 0 aromatic heterocycles. The van der Waals surface area contributed by atoms with Crippen molar-refractivity contribution in [1.82, 2.24) is 0 Å². The fourth-order valence-corrected chi connectivity index (χ4v) is 3.87. The number of benzene rings is 3. The third kappa shape index (κ3) is 7.19. The number of rotatable bonds is 12. The van der Waals surface area contributed by atoms with E-state index in [9.17, 15) is 0 Å². The Hall–Kier alpha value is -2.60. The third-order valence-electron chi connectivity index (χ3n) is 5.13. The summed E-state index contributed by atoms with van der Waals surface area (Å²) in [6.45, 7) is 4.56. The minimum atomic E-state index is 0.383. The Balaban J connectivity index is 1.59. The molecule has 3 aromatic rings. The Labute approximate surface area is 205 Å². The summed E-state index contributed by atoms with van der Waals surface area (Å²) in [6.07, 6.45) is 0.911. The summed E-state index contributed by atoms with van der Waals surface area (Å²) in [4.78, 5) is 0. The predicted molar refractivity (Wildman–Crippen MR) is 132 cm³/mol. The van der Waals surface area contributed by atoms with Crippen LogP contribution >= 0.6 is 23.2 Å². The van der Waals surface area contributed by atoms with Gasteiger partial charge < -0.3 is 24.3 Å². The van der Waals surface area contributed by atoms with Crippen LogP contribution in [0, 0.1) is 0 Å². The van der Waals surface area contributed by atoms with Crippen molar-refractivity contribution in [2.24, 2.45) is 0 Å². The van der Waals surface area contributed by atoms with Crippen LogP contribution in [0.3, 0.4) is 0 Å². The fourth-order valence-electron chi connectivity index (χ4n) is 3.45. The van der Waals surface area contributed by atoms with Crippen molar-refractivity contribution in [2.75, 3.05) is 27.4 Å². The second-order valence-electron chi connectivity index (χ2n) is 7.47. The van der Waals surface area contributed by atoms with Crippen LogP contribution in [0.15, 0.2) is 54.6 Å². The maximum atomic E-state index is 6.57. The molecule has 0 aliphatic heterocycles. The number of quaternary nitrogens is 1. The molecular weight excluding hydrogens is 461 g/mol. The van der Waals surface area contributed by atoms with Gasteiger partial charge in [0.15, 0.2) is 23.0 Å². The molecule has 176 valence electrons. The first-order chi connectivity index (χ1) is 16.0. The van der Waals surface area contributed by atoms with Crippen LogP contribution in [-0.4, -0.2) is 27.4 Å². The summed E-state index contributed by atoms with van der Waals surface area (Å²) in [7, 11) is 3.29. The Kier molecular flexibility index (Phi) is 9.55. The van der Waals surface area contributed by atoms with Crippen molar-refractivity contribution in [3.05, 3.63) is 81.3 Å². The molecule has 5 nitrogen and oxygen atoms in total. The maximum Gasteiger partial charge on any atom is 0.180 e. The zero-order valence-corrected chi connectivity index (χ0v) is 20.7. The molecule has 0 unspecified atom stereocenters. The zero-order chi connectivity index (χ0) is 23.6. The van der Waals surface area contributed by atoms with Gasteiger partial charge in [-0.3, -0.25) is 0 Å². The van der Waals surface area contributed by atoms with Crippen molar-refractivity contribution < 1.29 is 24.3 Å². The first-order valence-corrected chi connectivity index (χ1v) is 11.6. The van der Waals surface area contributed by atoms with Gasteiger partial charge in [0.05, 0.1) is 32.4 Å². The molecule has 33 heavy (non-hydrogen) atoms. The number of ether oxygens (including phenoxy) is 4. The van der Waals surface area contributed by atoms with Crippen LogP contribution in [-0.2, 0) is 19.6 Å². The van der Waals surface area contributed by atoms with E-state index in [1.807, 2.05) is 55.5 Å². The van der Waals surface area contributed by atoms with Crippen molar-refractivity contribution in [3.63, 3.8) is 0 Å². The first kappa shape index (κ1) is 25.0. The SMILES string of the molecule is CCOc1cc(C[NH2+]CCc2ccc(OC)c(OC)c2)cc(Cl)c1OCc1ccc(Cl)cc1. The second kappa shape index (κ2) is 12.6. The maximum absolute atomic E-state index is 6.57. The molecule has 0 bridgehead atoms. The number of hydrogen-bond donors (Lipinski definition) is 1. The van der Waals surface area contributed by atoms with E-state index in [0.29, 0.717) is 34.8 Å². The van der Waals surface area contributed by atoms with Crippen LogP contribution in [0.5, 0.6) is 23.0 Å². The van der Waals surface area contributed by atoms with E-state index < -0.39 is 0 Å². The lowest BCUT2D eigenvalue weighted by molar-refractivity contribution is -0.670. The molecule has 3 aromatic carbocycles. The molecular formula is C26H30Cl2NO4+. The zero-order valence-electron chi connectivity index (χ0n) is 19.2. The van der Waals surface area contributed by atoms with Gasteiger partial charge in [-0.25, -0.2) is 0 Å². The monoisotopic (exact) mass is 490 g/mol. The molecule has 0 fully saturated rings. The lowest BCUT2D eigenvalue weighted by atomic mass is 10.1. The van der Waals surface area contributed by atoms with Crippen LogP contribution in [0.4, 0.5) is 0 Å². The van der Waals surface area contributed by atoms with Gasteiger partial charge in [-0.05, 0) is 54.4 Å². The third-order valence-corrected chi connectivity index (χ3v) is 5.66. The van der Waals surface area contributed by atoms with E-state index in [1.54, 1.807) is 14.2 Å². The molecule has 0 saturated carbocycles. The van der Waals surface area contributed by atoms with Gasteiger partial charge in [0.2, 0.25) is 0 Å². The Morgan fingerprint density at radius 1 is 0.758 bits per heavy atom. The van der Waals surface area contributed by atoms with Crippen molar-refractivity contribution >= 4 is 23.2 Å². The van der Waals surface area contributed by atoms with Gasteiger partial charge in [0, 0.05) is 17.0 Å². The highest BCUT2D eigenvalue weighted by molar-refractivity contribution is 6.32. The number of methoxy groups -OCH3 is 2. The summed E-state index contributed by atoms with van der Waals surface area (Å²) in [5.74, 6) is 2.70. The number of halogens is 2. The van der Waals surface area contributed by atoms with Crippen LogP contribution in [0.1, 0.15) is 23.6 Å². The average Bonchev–Trinajstić information content (AvgIpc) is 2.82. The quantitative estimate of drug-likeness (QED) is 0.350. The molecule has 2 N–H and O–H groups in total. The van der Waals surface area contributed by atoms with Gasteiger partial charge in [-0.1, -0.05) is 41.4 Å². The Morgan fingerprint density at radius 3 is 2.15 bits per heavy atom. The van der Waals surface area contributed by atoms with Crippen molar-refractivity contribution in [3.8, 4) is 23.0 Å². The van der Waals surface area contributed by atoms with E-state index >= 15 is 0 Å². The minimum absolute atomic E-state index is 0.383. The van der Waals surface area contributed by atoms with Gasteiger partial charge in [-0.15, -0.1) is 0 Å².